The topological polar surface area (TPSA) is 9.23 Å². The molecule has 1 rings (SSSR count). The van der Waals surface area contributed by atoms with Crippen molar-refractivity contribution in [1.29, 1.82) is 0 Å². The monoisotopic (exact) mass is 188 g/mol. The van der Waals surface area contributed by atoms with Crippen molar-refractivity contribution >= 4 is 0 Å². The molecule has 1 heteroatoms. The molecule has 0 bridgehead atoms. The van der Waals surface area contributed by atoms with E-state index < -0.39 is 0 Å². The van der Waals surface area contributed by atoms with Gasteiger partial charge in [0.05, 0.1) is 5.76 Å². The molecule has 74 valence electrons. The molecule has 1 aromatic carbocycles. The van der Waals surface area contributed by atoms with Crippen LogP contribution in [0.15, 0.2) is 54.8 Å². The number of allylic oxidation sites excluding steroid dienone is 1. The van der Waals surface area contributed by atoms with E-state index in [1.165, 1.54) is 0 Å². The highest BCUT2D eigenvalue weighted by Crippen LogP contribution is 2.10. The molecule has 0 aromatic heterocycles. The fourth-order valence-electron chi connectivity index (χ4n) is 1.15. The minimum atomic E-state index is 0.590. The molecule has 0 aliphatic heterocycles. The molecular weight excluding hydrogens is 172 g/mol. The molecule has 0 spiro atoms. The Labute approximate surface area is 85.7 Å². The molecule has 0 fully saturated rings. The van der Waals surface area contributed by atoms with E-state index in [1.807, 2.05) is 37.3 Å². The summed E-state index contributed by atoms with van der Waals surface area (Å²) in [6.45, 7) is 10.2. The Morgan fingerprint density at radius 2 is 1.86 bits per heavy atom. The molecule has 0 saturated carbocycles. The number of hydrogen-bond acceptors (Lipinski definition) is 1. The Hall–Kier alpha value is -1.50. The van der Waals surface area contributed by atoms with Crippen LogP contribution in [-0.2, 0) is 11.3 Å². The fraction of sp³-hybridized carbons (Fsp3) is 0.231. The summed E-state index contributed by atoms with van der Waals surface area (Å²) in [4.78, 5) is 0. The van der Waals surface area contributed by atoms with E-state index in [9.17, 15) is 0 Å². The van der Waals surface area contributed by atoms with Gasteiger partial charge in [-0.2, -0.15) is 0 Å². The Morgan fingerprint density at radius 1 is 1.21 bits per heavy atom. The Bertz CT molecular complexity index is 311. The van der Waals surface area contributed by atoms with Crippen LogP contribution in [0.2, 0.25) is 0 Å². The summed E-state index contributed by atoms with van der Waals surface area (Å²) in [5.74, 6) is 0.779. The summed E-state index contributed by atoms with van der Waals surface area (Å²) in [7, 11) is 0. The molecule has 0 N–H and O–H groups in total. The standard InChI is InChI=1S/C13H16O/c1-11(2)9-12(3)14-10-13-7-5-4-6-8-13/h4-8H,1,3,9-10H2,2H3. The normalized spacial score (nSPS) is 9.50. The van der Waals surface area contributed by atoms with Gasteiger partial charge in [0.1, 0.15) is 6.61 Å². The number of ether oxygens (including phenoxy) is 1. The minimum Gasteiger partial charge on any atom is -0.494 e. The van der Waals surface area contributed by atoms with Gasteiger partial charge >= 0.3 is 0 Å². The van der Waals surface area contributed by atoms with Crippen LogP contribution in [0.4, 0.5) is 0 Å². The highest BCUT2D eigenvalue weighted by atomic mass is 16.5. The summed E-state index contributed by atoms with van der Waals surface area (Å²) >= 11 is 0. The van der Waals surface area contributed by atoms with E-state index >= 15 is 0 Å². The molecule has 0 heterocycles. The second kappa shape index (κ2) is 5.28. The van der Waals surface area contributed by atoms with Gasteiger partial charge in [-0.05, 0) is 12.5 Å². The van der Waals surface area contributed by atoms with Crippen LogP contribution in [0.1, 0.15) is 18.9 Å². The lowest BCUT2D eigenvalue weighted by atomic mass is 10.2. The van der Waals surface area contributed by atoms with Gasteiger partial charge in [-0.3, -0.25) is 0 Å². The Kier molecular flexibility index (Phi) is 3.99. The zero-order chi connectivity index (χ0) is 10.4. The van der Waals surface area contributed by atoms with Crippen molar-refractivity contribution < 1.29 is 4.74 Å². The first-order valence-electron chi connectivity index (χ1n) is 4.67. The molecule has 0 saturated heterocycles. The maximum Gasteiger partial charge on any atom is 0.113 e. The van der Waals surface area contributed by atoms with Crippen LogP contribution in [0.25, 0.3) is 0 Å². The van der Waals surface area contributed by atoms with Gasteiger partial charge in [0.2, 0.25) is 0 Å². The van der Waals surface area contributed by atoms with Gasteiger partial charge in [-0.15, -0.1) is 0 Å². The fourth-order valence-corrected chi connectivity index (χ4v) is 1.15. The first-order valence-corrected chi connectivity index (χ1v) is 4.67. The third-order valence-corrected chi connectivity index (χ3v) is 1.78. The SMILES string of the molecule is C=C(C)CC(=C)OCc1ccccc1. The number of benzene rings is 1. The maximum absolute atomic E-state index is 5.48. The Morgan fingerprint density at radius 3 is 2.43 bits per heavy atom. The van der Waals surface area contributed by atoms with Crippen molar-refractivity contribution in [2.24, 2.45) is 0 Å². The van der Waals surface area contributed by atoms with Crippen molar-refractivity contribution in [2.45, 2.75) is 20.0 Å². The zero-order valence-electron chi connectivity index (χ0n) is 8.62. The van der Waals surface area contributed by atoms with E-state index in [2.05, 4.69) is 13.2 Å². The molecular formula is C13H16O. The molecule has 0 atom stereocenters. The van der Waals surface area contributed by atoms with E-state index in [1.54, 1.807) is 0 Å². The third kappa shape index (κ3) is 3.94. The summed E-state index contributed by atoms with van der Waals surface area (Å²) in [6.07, 6.45) is 0.743. The molecule has 0 radical (unpaired) electrons. The predicted octanol–water partition coefficient (Wildman–Crippen LogP) is 3.68. The van der Waals surface area contributed by atoms with Crippen molar-refractivity contribution in [2.75, 3.05) is 0 Å². The minimum absolute atomic E-state index is 0.590. The van der Waals surface area contributed by atoms with E-state index in [0.29, 0.717) is 6.61 Å². The molecule has 0 aliphatic carbocycles. The van der Waals surface area contributed by atoms with Gasteiger partial charge < -0.3 is 4.74 Å². The lowest BCUT2D eigenvalue weighted by molar-refractivity contribution is 0.194. The van der Waals surface area contributed by atoms with E-state index in [-0.39, 0.29) is 0 Å². The van der Waals surface area contributed by atoms with Gasteiger partial charge in [0.15, 0.2) is 0 Å². The van der Waals surface area contributed by atoms with Crippen LogP contribution >= 0.6 is 0 Å². The first-order chi connectivity index (χ1) is 6.68. The molecule has 1 aromatic rings. The van der Waals surface area contributed by atoms with Gasteiger partial charge in [0, 0.05) is 6.42 Å². The average Bonchev–Trinajstić information content (AvgIpc) is 2.15. The second-order valence-corrected chi connectivity index (χ2v) is 3.45. The van der Waals surface area contributed by atoms with Crippen LogP contribution in [0, 0.1) is 0 Å². The highest BCUT2D eigenvalue weighted by molar-refractivity contribution is 5.14. The number of rotatable bonds is 5. The van der Waals surface area contributed by atoms with E-state index in [4.69, 9.17) is 4.74 Å². The molecule has 1 nitrogen and oxygen atoms in total. The Balaban J connectivity index is 2.34. The summed E-state index contributed by atoms with van der Waals surface area (Å²) in [6, 6.07) is 10.1. The second-order valence-electron chi connectivity index (χ2n) is 3.45. The largest absolute Gasteiger partial charge is 0.494 e. The van der Waals surface area contributed by atoms with Crippen LogP contribution in [0.3, 0.4) is 0 Å². The van der Waals surface area contributed by atoms with Crippen LogP contribution in [0.5, 0.6) is 0 Å². The predicted molar refractivity (Wildman–Crippen MR) is 59.8 cm³/mol. The lowest BCUT2D eigenvalue weighted by Crippen LogP contribution is -1.92. The summed E-state index contributed by atoms with van der Waals surface area (Å²) < 4.78 is 5.48. The third-order valence-electron chi connectivity index (χ3n) is 1.78. The van der Waals surface area contributed by atoms with Crippen LogP contribution < -0.4 is 0 Å². The quantitative estimate of drug-likeness (QED) is 0.506. The molecule has 0 amide bonds. The highest BCUT2D eigenvalue weighted by Gasteiger charge is 1.96. The lowest BCUT2D eigenvalue weighted by Gasteiger charge is -2.08. The van der Waals surface area contributed by atoms with Crippen LogP contribution in [-0.4, -0.2) is 0 Å². The molecule has 14 heavy (non-hydrogen) atoms. The van der Waals surface area contributed by atoms with Crippen molar-refractivity contribution in [3.05, 3.63) is 60.4 Å². The summed E-state index contributed by atoms with van der Waals surface area (Å²) in [5.41, 5.74) is 2.23. The van der Waals surface area contributed by atoms with Crippen molar-refractivity contribution in [1.82, 2.24) is 0 Å². The zero-order valence-corrected chi connectivity index (χ0v) is 8.62. The van der Waals surface area contributed by atoms with Gasteiger partial charge in [-0.25, -0.2) is 0 Å². The smallest absolute Gasteiger partial charge is 0.113 e. The van der Waals surface area contributed by atoms with Gasteiger partial charge in [-0.1, -0.05) is 49.1 Å². The average molecular weight is 188 g/mol. The van der Waals surface area contributed by atoms with Gasteiger partial charge in [0.25, 0.3) is 0 Å². The first kappa shape index (κ1) is 10.6. The number of hydrogen-bond donors (Lipinski definition) is 0. The van der Waals surface area contributed by atoms with Crippen molar-refractivity contribution in [3.63, 3.8) is 0 Å². The maximum atomic E-state index is 5.48. The van der Waals surface area contributed by atoms with Crippen molar-refractivity contribution in [3.8, 4) is 0 Å². The van der Waals surface area contributed by atoms with E-state index in [0.717, 1.165) is 23.3 Å². The molecule has 0 aliphatic rings. The molecule has 0 unspecified atom stereocenters. The summed E-state index contributed by atoms with van der Waals surface area (Å²) in [5, 5.41) is 0.